The van der Waals surface area contributed by atoms with E-state index in [-0.39, 0.29) is 0 Å². The zero-order valence-corrected chi connectivity index (χ0v) is 12.2. The normalized spacial score (nSPS) is 27.3. The van der Waals surface area contributed by atoms with Gasteiger partial charge in [0.1, 0.15) is 5.01 Å². The number of likely N-dealkylation sites (tertiary alicyclic amines) is 1. The van der Waals surface area contributed by atoms with Gasteiger partial charge in [-0.15, -0.1) is 11.3 Å². The van der Waals surface area contributed by atoms with Gasteiger partial charge in [0.15, 0.2) is 0 Å². The van der Waals surface area contributed by atoms with Crippen LogP contribution in [0.15, 0.2) is 5.38 Å². The standard InChI is InChI=1S/C14H23N3S/c1-10-9-18-14(15-10)11(2)17-7-3-4-13(8-17)16-12-5-6-12/h9,11-13,16H,3-8H2,1-2H3. The van der Waals surface area contributed by atoms with Gasteiger partial charge in [0, 0.05) is 29.7 Å². The third-order valence-corrected chi connectivity index (χ3v) is 5.18. The van der Waals surface area contributed by atoms with E-state index >= 15 is 0 Å². The molecule has 4 heteroatoms. The van der Waals surface area contributed by atoms with Crippen molar-refractivity contribution >= 4 is 11.3 Å². The van der Waals surface area contributed by atoms with Crippen LogP contribution < -0.4 is 5.32 Å². The molecule has 1 saturated carbocycles. The molecule has 2 unspecified atom stereocenters. The fraction of sp³-hybridized carbons (Fsp3) is 0.786. The number of piperidine rings is 1. The minimum Gasteiger partial charge on any atom is -0.310 e. The summed E-state index contributed by atoms with van der Waals surface area (Å²) in [6, 6.07) is 2.01. The average molecular weight is 265 g/mol. The Balaban J connectivity index is 1.60. The second kappa shape index (κ2) is 5.27. The molecule has 1 aliphatic heterocycles. The van der Waals surface area contributed by atoms with Crippen LogP contribution in [0.4, 0.5) is 0 Å². The van der Waals surface area contributed by atoms with Crippen LogP contribution >= 0.6 is 11.3 Å². The van der Waals surface area contributed by atoms with Crippen molar-refractivity contribution in [3.8, 4) is 0 Å². The van der Waals surface area contributed by atoms with Gasteiger partial charge in [-0.25, -0.2) is 4.98 Å². The molecule has 0 bridgehead atoms. The number of aromatic nitrogens is 1. The number of nitrogens with one attached hydrogen (secondary N) is 1. The van der Waals surface area contributed by atoms with Crippen LogP contribution in [0.5, 0.6) is 0 Å². The quantitative estimate of drug-likeness (QED) is 0.907. The number of hydrogen-bond donors (Lipinski definition) is 1. The van der Waals surface area contributed by atoms with Crippen molar-refractivity contribution in [3.05, 3.63) is 16.1 Å². The summed E-state index contributed by atoms with van der Waals surface area (Å²) < 4.78 is 0. The molecule has 3 rings (SSSR count). The molecule has 1 aromatic rings. The first-order valence-corrected chi connectivity index (χ1v) is 8.02. The molecule has 100 valence electrons. The summed E-state index contributed by atoms with van der Waals surface area (Å²) in [6.07, 6.45) is 5.44. The Morgan fingerprint density at radius 1 is 1.39 bits per heavy atom. The molecule has 2 heterocycles. The maximum atomic E-state index is 4.64. The van der Waals surface area contributed by atoms with Gasteiger partial charge in [-0.05, 0) is 46.1 Å². The molecule has 3 nitrogen and oxygen atoms in total. The van der Waals surface area contributed by atoms with Crippen LogP contribution in [0.2, 0.25) is 0 Å². The highest BCUT2D eigenvalue weighted by molar-refractivity contribution is 7.09. The number of thiazole rings is 1. The predicted molar refractivity (Wildman–Crippen MR) is 76.0 cm³/mol. The molecular formula is C14H23N3S. The van der Waals surface area contributed by atoms with E-state index in [2.05, 4.69) is 34.4 Å². The summed E-state index contributed by atoms with van der Waals surface area (Å²) in [5, 5.41) is 7.22. The van der Waals surface area contributed by atoms with Gasteiger partial charge in [-0.2, -0.15) is 0 Å². The lowest BCUT2D eigenvalue weighted by Gasteiger charge is -2.36. The van der Waals surface area contributed by atoms with E-state index in [4.69, 9.17) is 0 Å². The molecule has 1 aliphatic carbocycles. The molecule has 0 amide bonds. The lowest BCUT2D eigenvalue weighted by molar-refractivity contribution is 0.145. The summed E-state index contributed by atoms with van der Waals surface area (Å²) in [7, 11) is 0. The van der Waals surface area contributed by atoms with Gasteiger partial charge in [0.2, 0.25) is 0 Å². The third kappa shape index (κ3) is 2.92. The van der Waals surface area contributed by atoms with Gasteiger partial charge in [0.05, 0.1) is 6.04 Å². The molecule has 0 radical (unpaired) electrons. The minimum atomic E-state index is 0.479. The van der Waals surface area contributed by atoms with Crippen molar-refractivity contribution in [1.29, 1.82) is 0 Å². The largest absolute Gasteiger partial charge is 0.310 e. The number of nitrogens with zero attached hydrogens (tertiary/aromatic N) is 2. The van der Waals surface area contributed by atoms with Gasteiger partial charge in [-0.3, -0.25) is 4.90 Å². The van der Waals surface area contributed by atoms with E-state index in [0.717, 1.165) is 11.7 Å². The molecule has 1 aromatic heterocycles. The molecule has 0 aromatic carbocycles. The summed E-state index contributed by atoms with van der Waals surface area (Å²) in [5.41, 5.74) is 1.16. The van der Waals surface area contributed by atoms with Gasteiger partial charge in [-0.1, -0.05) is 0 Å². The number of aryl methyl sites for hydroxylation is 1. The maximum absolute atomic E-state index is 4.64. The minimum absolute atomic E-state index is 0.479. The van der Waals surface area contributed by atoms with Crippen LogP contribution in [0.1, 0.15) is 49.4 Å². The highest BCUT2D eigenvalue weighted by atomic mass is 32.1. The summed E-state index contributed by atoms with van der Waals surface area (Å²) in [4.78, 5) is 7.24. The Kier molecular flexibility index (Phi) is 3.68. The van der Waals surface area contributed by atoms with Crippen molar-refractivity contribution in [2.24, 2.45) is 0 Å². The van der Waals surface area contributed by atoms with Crippen molar-refractivity contribution in [2.75, 3.05) is 13.1 Å². The van der Waals surface area contributed by atoms with Crippen molar-refractivity contribution in [2.45, 2.75) is 57.7 Å². The fourth-order valence-corrected chi connectivity index (χ4v) is 3.68. The van der Waals surface area contributed by atoms with E-state index in [1.807, 2.05) is 0 Å². The number of hydrogen-bond acceptors (Lipinski definition) is 4. The lowest BCUT2D eigenvalue weighted by atomic mass is 10.0. The first kappa shape index (κ1) is 12.6. The summed E-state index contributed by atoms with van der Waals surface area (Å²) in [5.74, 6) is 0. The maximum Gasteiger partial charge on any atom is 0.110 e. The Morgan fingerprint density at radius 2 is 2.22 bits per heavy atom. The molecule has 2 atom stereocenters. The van der Waals surface area contributed by atoms with Gasteiger partial charge < -0.3 is 5.32 Å². The fourth-order valence-electron chi connectivity index (χ4n) is 2.80. The van der Waals surface area contributed by atoms with Crippen molar-refractivity contribution in [3.63, 3.8) is 0 Å². The first-order valence-electron chi connectivity index (χ1n) is 7.14. The lowest BCUT2D eigenvalue weighted by Crippen LogP contribution is -2.47. The molecule has 2 fully saturated rings. The molecule has 18 heavy (non-hydrogen) atoms. The SMILES string of the molecule is Cc1csc(C(C)N2CCCC(NC3CC3)C2)n1. The highest BCUT2D eigenvalue weighted by Crippen LogP contribution is 2.28. The Labute approximate surface area is 114 Å². The molecule has 2 aliphatic rings. The molecule has 0 spiro atoms. The van der Waals surface area contributed by atoms with E-state index in [1.165, 1.54) is 43.8 Å². The Bertz CT molecular complexity index is 399. The van der Waals surface area contributed by atoms with Crippen molar-refractivity contribution in [1.82, 2.24) is 15.2 Å². The number of rotatable bonds is 4. The molecule has 1 N–H and O–H groups in total. The van der Waals surface area contributed by atoms with Gasteiger partial charge in [0.25, 0.3) is 0 Å². The van der Waals surface area contributed by atoms with Crippen LogP contribution in [0.25, 0.3) is 0 Å². The van der Waals surface area contributed by atoms with E-state index in [1.54, 1.807) is 11.3 Å². The second-order valence-corrected chi connectivity index (χ2v) is 6.67. The molecule has 1 saturated heterocycles. The Hall–Kier alpha value is -0.450. The topological polar surface area (TPSA) is 28.2 Å². The smallest absolute Gasteiger partial charge is 0.110 e. The average Bonchev–Trinajstić information content (AvgIpc) is 3.08. The van der Waals surface area contributed by atoms with Crippen LogP contribution in [0.3, 0.4) is 0 Å². The van der Waals surface area contributed by atoms with Crippen LogP contribution in [-0.4, -0.2) is 35.1 Å². The van der Waals surface area contributed by atoms with E-state index in [9.17, 15) is 0 Å². The summed E-state index contributed by atoms with van der Waals surface area (Å²) in [6.45, 7) is 6.80. The zero-order chi connectivity index (χ0) is 12.5. The zero-order valence-electron chi connectivity index (χ0n) is 11.4. The van der Waals surface area contributed by atoms with E-state index in [0.29, 0.717) is 12.1 Å². The van der Waals surface area contributed by atoms with E-state index < -0.39 is 0 Å². The predicted octanol–water partition coefficient (Wildman–Crippen LogP) is 2.73. The van der Waals surface area contributed by atoms with Gasteiger partial charge >= 0.3 is 0 Å². The Morgan fingerprint density at radius 3 is 2.89 bits per heavy atom. The third-order valence-electron chi connectivity index (χ3n) is 4.04. The van der Waals surface area contributed by atoms with Crippen LogP contribution in [-0.2, 0) is 0 Å². The molecular weight excluding hydrogens is 242 g/mol. The first-order chi connectivity index (χ1) is 8.72. The monoisotopic (exact) mass is 265 g/mol. The summed E-state index contributed by atoms with van der Waals surface area (Å²) >= 11 is 1.81. The second-order valence-electron chi connectivity index (χ2n) is 5.78. The van der Waals surface area contributed by atoms with Crippen LogP contribution in [0, 0.1) is 6.92 Å². The highest BCUT2D eigenvalue weighted by Gasteiger charge is 2.29. The van der Waals surface area contributed by atoms with Crippen molar-refractivity contribution < 1.29 is 0 Å².